The SMILES string of the molecule is Cc1cc(NC(=O)CN2CCCN(c3ccc(C(F)(F)F)cn3)CC2)no1. The number of carbonyl (C=O) groups is 1. The number of aryl methyl sites for hydroxylation is 1. The molecule has 0 spiro atoms. The Kier molecular flexibility index (Phi) is 5.64. The van der Waals surface area contributed by atoms with Gasteiger partial charge in [0.25, 0.3) is 0 Å². The first kappa shape index (κ1) is 19.2. The number of nitrogens with zero attached hydrogens (tertiary/aromatic N) is 4. The predicted molar refractivity (Wildman–Crippen MR) is 92.4 cm³/mol. The van der Waals surface area contributed by atoms with Crippen molar-refractivity contribution in [2.45, 2.75) is 19.5 Å². The number of pyridine rings is 1. The fraction of sp³-hybridized carbons (Fsp3) is 0.471. The summed E-state index contributed by atoms with van der Waals surface area (Å²) in [5.74, 6) is 1.31. The summed E-state index contributed by atoms with van der Waals surface area (Å²) in [4.78, 5) is 20.0. The molecule has 3 heterocycles. The summed E-state index contributed by atoms with van der Waals surface area (Å²) in [5, 5.41) is 6.40. The van der Waals surface area contributed by atoms with Crippen LogP contribution in [0.15, 0.2) is 28.9 Å². The summed E-state index contributed by atoms with van der Waals surface area (Å²) in [6.07, 6.45) is -2.76. The van der Waals surface area contributed by atoms with Gasteiger partial charge in [0.2, 0.25) is 5.91 Å². The number of rotatable bonds is 4. The predicted octanol–water partition coefficient (Wildman–Crippen LogP) is 2.55. The quantitative estimate of drug-likeness (QED) is 0.875. The van der Waals surface area contributed by atoms with E-state index in [4.69, 9.17) is 4.52 Å². The third-order valence-electron chi connectivity index (χ3n) is 4.25. The van der Waals surface area contributed by atoms with Crippen LogP contribution in [0, 0.1) is 6.92 Å². The molecule has 1 saturated heterocycles. The zero-order chi connectivity index (χ0) is 19.4. The molecule has 27 heavy (non-hydrogen) atoms. The van der Waals surface area contributed by atoms with Gasteiger partial charge in [-0.05, 0) is 25.5 Å². The minimum Gasteiger partial charge on any atom is -0.360 e. The zero-order valence-corrected chi connectivity index (χ0v) is 14.8. The fourth-order valence-electron chi connectivity index (χ4n) is 2.91. The summed E-state index contributed by atoms with van der Waals surface area (Å²) < 4.78 is 42.9. The molecule has 1 aliphatic heterocycles. The molecule has 0 unspecified atom stereocenters. The number of alkyl halides is 3. The molecule has 1 fully saturated rings. The molecule has 0 radical (unpaired) electrons. The first-order chi connectivity index (χ1) is 12.8. The van der Waals surface area contributed by atoms with E-state index in [-0.39, 0.29) is 12.5 Å². The monoisotopic (exact) mass is 383 g/mol. The standard InChI is InChI=1S/C17H20F3N5O2/c1-12-9-14(23-27-12)22-16(26)11-24-5-2-6-25(8-7-24)15-4-3-13(10-21-15)17(18,19)20/h3-4,9-10H,2,5-8,11H2,1H3,(H,22,23,26). The van der Waals surface area contributed by atoms with Crippen molar-refractivity contribution in [1.82, 2.24) is 15.0 Å². The Bertz CT molecular complexity index is 776. The lowest BCUT2D eigenvalue weighted by Gasteiger charge is -2.22. The molecule has 0 aliphatic carbocycles. The maximum absolute atomic E-state index is 12.6. The van der Waals surface area contributed by atoms with E-state index in [0.717, 1.165) is 18.7 Å². The number of aromatic nitrogens is 2. The molecular weight excluding hydrogens is 363 g/mol. The first-order valence-corrected chi connectivity index (χ1v) is 8.55. The van der Waals surface area contributed by atoms with E-state index >= 15 is 0 Å². The highest BCUT2D eigenvalue weighted by Gasteiger charge is 2.31. The summed E-state index contributed by atoms with van der Waals surface area (Å²) in [5.41, 5.74) is -0.762. The first-order valence-electron chi connectivity index (χ1n) is 8.55. The Labute approximate surface area is 154 Å². The van der Waals surface area contributed by atoms with Crippen LogP contribution in [-0.2, 0) is 11.0 Å². The third kappa shape index (κ3) is 5.19. The minimum absolute atomic E-state index is 0.190. The summed E-state index contributed by atoms with van der Waals surface area (Å²) >= 11 is 0. The zero-order valence-electron chi connectivity index (χ0n) is 14.8. The summed E-state index contributed by atoms with van der Waals surface area (Å²) in [6, 6.07) is 4.06. The number of hydrogen-bond donors (Lipinski definition) is 1. The van der Waals surface area contributed by atoms with Crippen LogP contribution in [0.2, 0.25) is 0 Å². The largest absolute Gasteiger partial charge is 0.417 e. The molecule has 2 aromatic heterocycles. The average molecular weight is 383 g/mol. The van der Waals surface area contributed by atoms with Crippen LogP contribution in [0.3, 0.4) is 0 Å². The van der Waals surface area contributed by atoms with Crippen LogP contribution in [0.25, 0.3) is 0 Å². The lowest BCUT2D eigenvalue weighted by molar-refractivity contribution is -0.137. The van der Waals surface area contributed by atoms with E-state index in [0.29, 0.717) is 43.6 Å². The van der Waals surface area contributed by atoms with Crippen LogP contribution in [0.1, 0.15) is 17.7 Å². The molecular formula is C17H20F3N5O2. The number of halogens is 3. The molecule has 0 saturated carbocycles. The van der Waals surface area contributed by atoms with Gasteiger partial charge >= 0.3 is 6.18 Å². The molecule has 1 amide bonds. The van der Waals surface area contributed by atoms with Crippen LogP contribution >= 0.6 is 0 Å². The molecule has 1 aliphatic rings. The second-order valence-electron chi connectivity index (χ2n) is 6.39. The highest BCUT2D eigenvalue weighted by atomic mass is 19.4. The number of amides is 1. The Hall–Kier alpha value is -2.62. The normalized spacial score (nSPS) is 16.2. The van der Waals surface area contributed by atoms with Gasteiger partial charge in [0, 0.05) is 38.4 Å². The molecule has 7 nitrogen and oxygen atoms in total. The smallest absolute Gasteiger partial charge is 0.360 e. The average Bonchev–Trinajstić information content (AvgIpc) is 2.87. The Morgan fingerprint density at radius 2 is 2.07 bits per heavy atom. The van der Waals surface area contributed by atoms with Crippen molar-refractivity contribution in [2.75, 3.05) is 42.9 Å². The van der Waals surface area contributed by atoms with Crippen LogP contribution in [-0.4, -0.2) is 53.7 Å². The van der Waals surface area contributed by atoms with Crippen molar-refractivity contribution < 1.29 is 22.5 Å². The second kappa shape index (κ2) is 7.95. The highest BCUT2D eigenvalue weighted by molar-refractivity contribution is 5.91. The van der Waals surface area contributed by atoms with Gasteiger partial charge in [0.1, 0.15) is 11.6 Å². The van der Waals surface area contributed by atoms with Crippen molar-refractivity contribution in [2.24, 2.45) is 0 Å². The Morgan fingerprint density at radius 3 is 2.70 bits per heavy atom. The number of anilines is 2. The van der Waals surface area contributed by atoms with E-state index in [2.05, 4.69) is 15.5 Å². The van der Waals surface area contributed by atoms with Gasteiger partial charge in [-0.15, -0.1) is 0 Å². The number of carbonyl (C=O) groups excluding carboxylic acids is 1. The van der Waals surface area contributed by atoms with Crippen LogP contribution < -0.4 is 10.2 Å². The second-order valence-corrected chi connectivity index (χ2v) is 6.39. The number of nitrogens with one attached hydrogen (secondary N) is 1. The third-order valence-corrected chi connectivity index (χ3v) is 4.25. The van der Waals surface area contributed by atoms with Gasteiger partial charge in [-0.2, -0.15) is 13.2 Å². The lowest BCUT2D eigenvalue weighted by Crippen LogP contribution is -2.36. The summed E-state index contributed by atoms with van der Waals surface area (Å²) in [7, 11) is 0. The Balaban J connectivity index is 1.53. The Morgan fingerprint density at radius 1 is 1.26 bits per heavy atom. The van der Waals surface area contributed by atoms with Crippen molar-refractivity contribution in [3.8, 4) is 0 Å². The molecule has 0 aromatic carbocycles. The van der Waals surface area contributed by atoms with E-state index in [1.54, 1.807) is 13.0 Å². The fourth-order valence-corrected chi connectivity index (χ4v) is 2.91. The van der Waals surface area contributed by atoms with Gasteiger partial charge in [-0.1, -0.05) is 5.16 Å². The molecule has 0 atom stereocenters. The number of hydrogen-bond acceptors (Lipinski definition) is 6. The van der Waals surface area contributed by atoms with Crippen molar-refractivity contribution >= 4 is 17.5 Å². The highest BCUT2D eigenvalue weighted by Crippen LogP contribution is 2.29. The molecule has 10 heteroatoms. The molecule has 3 rings (SSSR count). The topological polar surface area (TPSA) is 74.5 Å². The van der Waals surface area contributed by atoms with Crippen molar-refractivity contribution in [3.63, 3.8) is 0 Å². The van der Waals surface area contributed by atoms with Crippen molar-refractivity contribution in [3.05, 3.63) is 35.7 Å². The van der Waals surface area contributed by atoms with Crippen molar-refractivity contribution in [1.29, 1.82) is 0 Å². The van der Waals surface area contributed by atoms with Gasteiger partial charge < -0.3 is 14.7 Å². The van der Waals surface area contributed by atoms with Gasteiger partial charge in [0.05, 0.1) is 12.1 Å². The van der Waals surface area contributed by atoms with Gasteiger partial charge in [-0.25, -0.2) is 4.98 Å². The molecule has 1 N–H and O–H groups in total. The van der Waals surface area contributed by atoms with E-state index in [9.17, 15) is 18.0 Å². The lowest BCUT2D eigenvalue weighted by atomic mass is 10.2. The molecule has 2 aromatic rings. The summed E-state index contributed by atoms with van der Waals surface area (Å²) in [6.45, 7) is 4.51. The van der Waals surface area contributed by atoms with E-state index in [1.807, 2.05) is 9.80 Å². The van der Waals surface area contributed by atoms with E-state index in [1.165, 1.54) is 6.07 Å². The van der Waals surface area contributed by atoms with Crippen LogP contribution in [0.5, 0.6) is 0 Å². The maximum Gasteiger partial charge on any atom is 0.417 e. The van der Waals surface area contributed by atoms with Crippen LogP contribution in [0.4, 0.5) is 24.8 Å². The van der Waals surface area contributed by atoms with Gasteiger partial charge in [0.15, 0.2) is 5.82 Å². The molecule has 0 bridgehead atoms. The van der Waals surface area contributed by atoms with E-state index < -0.39 is 11.7 Å². The van der Waals surface area contributed by atoms with Gasteiger partial charge in [-0.3, -0.25) is 9.69 Å². The maximum atomic E-state index is 12.6. The molecule has 146 valence electrons. The minimum atomic E-state index is -4.39.